The van der Waals surface area contributed by atoms with Crippen LogP contribution in [0, 0.1) is 26.6 Å². The molecule has 0 atom stereocenters. The van der Waals surface area contributed by atoms with E-state index in [-0.39, 0.29) is 16.6 Å². The van der Waals surface area contributed by atoms with Gasteiger partial charge in [0.25, 0.3) is 5.91 Å². The summed E-state index contributed by atoms with van der Waals surface area (Å²) >= 11 is 5.75. The Bertz CT molecular complexity index is 1390. The van der Waals surface area contributed by atoms with Gasteiger partial charge in [0.15, 0.2) is 5.82 Å². The highest BCUT2D eigenvalue weighted by Gasteiger charge is 2.38. The Labute approximate surface area is 226 Å². The quantitative estimate of drug-likeness (QED) is 0.458. The Kier molecular flexibility index (Phi) is 7.55. The normalized spacial score (nSPS) is 14.8. The Morgan fingerprint density at radius 3 is 2.45 bits per heavy atom. The molecule has 1 aliphatic rings. The summed E-state index contributed by atoms with van der Waals surface area (Å²) in [5.41, 5.74) is 2.53. The summed E-state index contributed by atoms with van der Waals surface area (Å²) in [6.45, 7) is 10.9. The molecule has 0 aliphatic carbocycles. The first-order chi connectivity index (χ1) is 17.9. The number of rotatable bonds is 5. The number of piperazine rings is 1. The van der Waals surface area contributed by atoms with Crippen LogP contribution in [0.4, 0.5) is 21.7 Å². The molecule has 2 aromatic heterocycles. The van der Waals surface area contributed by atoms with Crippen LogP contribution in [0.1, 0.15) is 51.6 Å². The number of hydrogen-bond acceptors (Lipinski definition) is 8. The number of carbonyl (C=O) groups excluding carboxylic acids is 2. The van der Waals surface area contributed by atoms with E-state index < -0.39 is 17.3 Å². The van der Waals surface area contributed by atoms with Gasteiger partial charge in [0, 0.05) is 25.3 Å². The highest BCUT2D eigenvalue weighted by Crippen LogP contribution is 2.29. The van der Waals surface area contributed by atoms with Crippen LogP contribution < -0.4 is 10.2 Å². The standard InChI is InChI=1S/C27H30ClFN6O3/c1-15-11-22(32-16(2)23(15)26(37)38-6)34-9-10-35(27(4,5)14-34)25(36)21-13-30-24(17(3)31-21)33-18-7-8-19(28)20(29)12-18/h7-8,11-13H,9-10,14H2,1-6H3,(H,30,33). The van der Waals surface area contributed by atoms with Crippen LogP contribution in [0.15, 0.2) is 30.5 Å². The van der Waals surface area contributed by atoms with E-state index in [4.69, 9.17) is 16.3 Å². The summed E-state index contributed by atoms with van der Waals surface area (Å²) in [4.78, 5) is 43.0. The molecule has 200 valence electrons. The zero-order valence-electron chi connectivity index (χ0n) is 22.2. The molecule has 1 amide bonds. The van der Waals surface area contributed by atoms with E-state index in [1.54, 1.807) is 24.8 Å². The predicted molar refractivity (Wildman–Crippen MR) is 144 cm³/mol. The van der Waals surface area contributed by atoms with Crippen LogP contribution in [0.5, 0.6) is 0 Å². The van der Waals surface area contributed by atoms with E-state index in [1.165, 1.54) is 25.4 Å². The lowest BCUT2D eigenvalue weighted by atomic mass is 9.97. The minimum Gasteiger partial charge on any atom is -0.465 e. The molecule has 1 N–H and O–H groups in total. The number of anilines is 3. The number of carbonyl (C=O) groups is 2. The minimum absolute atomic E-state index is 0.0290. The maximum absolute atomic E-state index is 13.8. The summed E-state index contributed by atoms with van der Waals surface area (Å²) in [5.74, 6) is -0.0177. The van der Waals surface area contributed by atoms with Gasteiger partial charge in [0.1, 0.15) is 17.3 Å². The van der Waals surface area contributed by atoms with Gasteiger partial charge in [0.05, 0.1) is 40.8 Å². The van der Waals surface area contributed by atoms with E-state index in [9.17, 15) is 14.0 Å². The van der Waals surface area contributed by atoms with Crippen molar-refractivity contribution in [2.24, 2.45) is 0 Å². The molecule has 0 bridgehead atoms. The van der Waals surface area contributed by atoms with Crippen LogP contribution in [-0.4, -0.2) is 64.0 Å². The van der Waals surface area contributed by atoms with Crippen LogP contribution >= 0.6 is 11.6 Å². The van der Waals surface area contributed by atoms with Gasteiger partial charge < -0.3 is 19.9 Å². The molecule has 0 unspecified atom stereocenters. The van der Waals surface area contributed by atoms with Crippen molar-refractivity contribution in [2.45, 2.75) is 40.2 Å². The van der Waals surface area contributed by atoms with Crippen LogP contribution in [0.3, 0.4) is 0 Å². The van der Waals surface area contributed by atoms with Gasteiger partial charge in [-0.3, -0.25) is 4.79 Å². The second-order valence-corrected chi connectivity index (χ2v) is 10.3. The van der Waals surface area contributed by atoms with E-state index in [2.05, 4.69) is 25.2 Å². The lowest BCUT2D eigenvalue weighted by Crippen LogP contribution is -2.61. The lowest BCUT2D eigenvalue weighted by molar-refractivity contribution is 0.0505. The SMILES string of the molecule is COC(=O)c1c(C)cc(N2CCN(C(=O)c3cnc(Nc4ccc(Cl)c(F)c4)c(C)n3)C(C)(C)C2)nc1C. The summed E-state index contributed by atoms with van der Waals surface area (Å²) < 4.78 is 18.7. The molecule has 0 spiro atoms. The summed E-state index contributed by atoms with van der Waals surface area (Å²) in [7, 11) is 1.35. The summed E-state index contributed by atoms with van der Waals surface area (Å²) in [6, 6.07) is 6.23. The third-order valence-electron chi connectivity index (χ3n) is 6.59. The molecular weight excluding hydrogens is 511 g/mol. The monoisotopic (exact) mass is 540 g/mol. The Balaban J connectivity index is 1.50. The van der Waals surface area contributed by atoms with Crippen molar-refractivity contribution in [3.63, 3.8) is 0 Å². The molecule has 11 heteroatoms. The van der Waals surface area contributed by atoms with E-state index in [0.29, 0.717) is 48.1 Å². The highest BCUT2D eigenvalue weighted by atomic mass is 35.5. The maximum atomic E-state index is 13.8. The Morgan fingerprint density at radius 1 is 1.11 bits per heavy atom. The average Bonchev–Trinajstić information content (AvgIpc) is 2.85. The fourth-order valence-electron chi connectivity index (χ4n) is 4.67. The third-order valence-corrected chi connectivity index (χ3v) is 6.90. The second-order valence-electron chi connectivity index (χ2n) is 9.88. The molecule has 1 saturated heterocycles. The molecule has 1 fully saturated rings. The number of ether oxygens (including phenoxy) is 1. The molecule has 0 radical (unpaired) electrons. The maximum Gasteiger partial charge on any atom is 0.339 e. The first kappa shape index (κ1) is 27.3. The number of benzene rings is 1. The minimum atomic E-state index is -0.546. The van der Waals surface area contributed by atoms with Gasteiger partial charge in [-0.1, -0.05) is 11.6 Å². The van der Waals surface area contributed by atoms with Gasteiger partial charge in [-0.15, -0.1) is 0 Å². The van der Waals surface area contributed by atoms with Crippen molar-refractivity contribution in [1.82, 2.24) is 19.9 Å². The number of nitrogens with one attached hydrogen (secondary N) is 1. The summed E-state index contributed by atoms with van der Waals surface area (Å²) in [6.07, 6.45) is 1.42. The molecule has 1 aliphatic heterocycles. The van der Waals surface area contributed by atoms with Crippen LogP contribution in [-0.2, 0) is 4.74 Å². The van der Waals surface area contributed by atoms with E-state index >= 15 is 0 Å². The molecule has 9 nitrogen and oxygen atoms in total. The number of aryl methyl sites for hydroxylation is 3. The summed E-state index contributed by atoms with van der Waals surface area (Å²) in [5, 5.41) is 3.04. The number of halogens is 2. The molecule has 38 heavy (non-hydrogen) atoms. The first-order valence-corrected chi connectivity index (χ1v) is 12.5. The Hall–Kier alpha value is -3.79. The van der Waals surface area contributed by atoms with Crippen LogP contribution in [0.2, 0.25) is 5.02 Å². The number of methoxy groups -OCH3 is 1. The molecular formula is C27H30ClFN6O3. The van der Waals surface area contributed by atoms with Gasteiger partial charge in [0.2, 0.25) is 0 Å². The number of amides is 1. The first-order valence-electron chi connectivity index (χ1n) is 12.1. The number of aromatic nitrogens is 3. The van der Waals surface area contributed by atoms with Crippen molar-refractivity contribution >= 4 is 40.8 Å². The van der Waals surface area contributed by atoms with Crippen molar-refractivity contribution in [1.29, 1.82) is 0 Å². The van der Waals surface area contributed by atoms with Crippen molar-refractivity contribution in [2.75, 3.05) is 37.0 Å². The fourth-order valence-corrected chi connectivity index (χ4v) is 4.78. The molecule has 0 saturated carbocycles. The van der Waals surface area contributed by atoms with Crippen molar-refractivity contribution < 1.29 is 18.7 Å². The molecule has 3 aromatic rings. The topological polar surface area (TPSA) is 101 Å². The van der Waals surface area contributed by atoms with Gasteiger partial charge in [-0.05, 0) is 64.4 Å². The number of nitrogens with zero attached hydrogens (tertiary/aromatic N) is 5. The van der Waals surface area contributed by atoms with E-state index in [0.717, 1.165) is 11.4 Å². The number of pyridine rings is 1. The van der Waals surface area contributed by atoms with Gasteiger partial charge >= 0.3 is 5.97 Å². The number of hydrogen-bond donors (Lipinski definition) is 1. The van der Waals surface area contributed by atoms with Gasteiger partial charge in [-0.2, -0.15) is 0 Å². The van der Waals surface area contributed by atoms with Crippen molar-refractivity contribution in [3.8, 4) is 0 Å². The highest BCUT2D eigenvalue weighted by molar-refractivity contribution is 6.30. The smallest absolute Gasteiger partial charge is 0.339 e. The predicted octanol–water partition coefficient (Wildman–Crippen LogP) is 4.86. The molecule has 1 aromatic carbocycles. The third kappa shape index (κ3) is 5.40. The largest absolute Gasteiger partial charge is 0.465 e. The zero-order chi connectivity index (χ0) is 27.8. The van der Waals surface area contributed by atoms with Crippen LogP contribution in [0.25, 0.3) is 0 Å². The van der Waals surface area contributed by atoms with Gasteiger partial charge in [-0.25, -0.2) is 24.1 Å². The second kappa shape index (κ2) is 10.5. The fraction of sp³-hybridized carbons (Fsp3) is 0.370. The number of esters is 1. The van der Waals surface area contributed by atoms with Crippen molar-refractivity contribution in [3.05, 3.63) is 69.5 Å². The molecule has 3 heterocycles. The molecule has 4 rings (SSSR count). The lowest BCUT2D eigenvalue weighted by Gasteiger charge is -2.47. The zero-order valence-corrected chi connectivity index (χ0v) is 23.0. The van der Waals surface area contributed by atoms with E-state index in [1.807, 2.05) is 26.8 Å². The Morgan fingerprint density at radius 2 is 1.84 bits per heavy atom. The average molecular weight is 541 g/mol.